The molecule has 172 valence electrons. The van der Waals surface area contributed by atoms with E-state index in [2.05, 4.69) is 0 Å². The molecule has 8 nitrogen and oxygen atoms in total. The molecule has 0 aliphatic carbocycles. The van der Waals surface area contributed by atoms with E-state index in [0.29, 0.717) is 61.2 Å². The number of rotatable bonds is 7. The minimum Gasteiger partial charge on any atom is -0.496 e. The minimum atomic E-state index is -0.159. The summed E-state index contributed by atoms with van der Waals surface area (Å²) in [6.07, 6.45) is 0.954. The van der Waals surface area contributed by atoms with Gasteiger partial charge in [0.2, 0.25) is 5.91 Å². The summed E-state index contributed by atoms with van der Waals surface area (Å²) in [5.41, 5.74) is 1.26. The van der Waals surface area contributed by atoms with Gasteiger partial charge in [0.25, 0.3) is 5.91 Å². The molecule has 1 fully saturated rings. The molecule has 1 heterocycles. The number of ether oxygens (including phenoxy) is 4. The normalized spacial score (nSPS) is 13.9. The van der Waals surface area contributed by atoms with E-state index in [0.717, 1.165) is 5.56 Å². The van der Waals surface area contributed by atoms with E-state index in [1.165, 1.54) is 14.2 Å². The number of nitrogens with zero attached hydrogens (tertiary/aromatic N) is 2. The lowest BCUT2D eigenvalue weighted by Gasteiger charge is -2.24. The van der Waals surface area contributed by atoms with Crippen LogP contribution in [-0.4, -0.2) is 76.2 Å². The molecule has 2 aromatic rings. The highest BCUT2D eigenvalue weighted by molar-refractivity contribution is 5.99. The standard InChI is InChI=1S/C24H30N2O6/c1-29-18-10-9-17(15-21(18)32-4)16-22(27)25-11-6-12-26(14-13-25)24(28)23-19(30-2)7-5-8-20(23)31-3/h5,7-10,15H,6,11-14,16H2,1-4H3. The fourth-order valence-corrected chi connectivity index (χ4v) is 3.87. The Morgan fingerprint density at radius 1 is 0.750 bits per heavy atom. The van der Waals surface area contributed by atoms with Crippen molar-refractivity contribution >= 4 is 11.8 Å². The van der Waals surface area contributed by atoms with Crippen molar-refractivity contribution in [2.24, 2.45) is 0 Å². The molecule has 1 aliphatic heterocycles. The summed E-state index contributed by atoms with van der Waals surface area (Å²) in [4.78, 5) is 29.7. The van der Waals surface area contributed by atoms with E-state index in [4.69, 9.17) is 18.9 Å². The van der Waals surface area contributed by atoms with Crippen LogP contribution in [0.15, 0.2) is 36.4 Å². The molecule has 0 saturated carbocycles. The van der Waals surface area contributed by atoms with Crippen LogP contribution in [-0.2, 0) is 11.2 Å². The molecule has 32 heavy (non-hydrogen) atoms. The van der Waals surface area contributed by atoms with Gasteiger partial charge in [0.1, 0.15) is 17.1 Å². The van der Waals surface area contributed by atoms with Crippen molar-refractivity contribution in [1.29, 1.82) is 0 Å². The molecular formula is C24H30N2O6. The zero-order valence-corrected chi connectivity index (χ0v) is 19.1. The number of hydrogen-bond acceptors (Lipinski definition) is 6. The van der Waals surface area contributed by atoms with Crippen LogP contribution in [0, 0.1) is 0 Å². The number of hydrogen-bond donors (Lipinski definition) is 0. The summed E-state index contributed by atoms with van der Waals surface area (Å²) in [5, 5.41) is 0. The van der Waals surface area contributed by atoms with Gasteiger partial charge in [-0.1, -0.05) is 12.1 Å². The van der Waals surface area contributed by atoms with E-state index in [1.54, 1.807) is 43.4 Å². The zero-order chi connectivity index (χ0) is 23.1. The van der Waals surface area contributed by atoms with Crippen molar-refractivity contribution in [1.82, 2.24) is 9.80 Å². The molecule has 0 bridgehead atoms. The summed E-state index contributed by atoms with van der Waals surface area (Å²) in [6.45, 7) is 2.06. The molecule has 0 N–H and O–H groups in total. The second-order valence-electron chi connectivity index (χ2n) is 7.43. The Morgan fingerprint density at radius 2 is 1.34 bits per heavy atom. The van der Waals surface area contributed by atoms with Crippen LogP contribution in [0.25, 0.3) is 0 Å². The average molecular weight is 443 g/mol. The SMILES string of the molecule is COc1ccc(CC(=O)N2CCCN(C(=O)c3c(OC)cccc3OC)CC2)cc1OC. The molecule has 2 amide bonds. The lowest BCUT2D eigenvalue weighted by Crippen LogP contribution is -2.38. The largest absolute Gasteiger partial charge is 0.496 e. The first kappa shape index (κ1) is 23.2. The van der Waals surface area contributed by atoms with Crippen LogP contribution in [0.5, 0.6) is 23.0 Å². The summed E-state index contributed by atoms with van der Waals surface area (Å²) in [5.74, 6) is 2.02. The summed E-state index contributed by atoms with van der Waals surface area (Å²) in [6, 6.07) is 10.7. The number of amides is 2. The fourth-order valence-electron chi connectivity index (χ4n) is 3.87. The van der Waals surface area contributed by atoms with Crippen LogP contribution in [0.2, 0.25) is 0 Å². The molecule has 2 aromatic carbocycles. The van der Waals surface area contributed by atoms with Crippen LogP contribution in [0.3, 0.4) is 0 Å². The van der Waals surface area contributed by atoms with Gasteiger partial charge >= 0.3 is 0 Å². The van der Waals surface area contributed by atoms with Gasteiger partial charge in [-0.25, -0.2) is 0 Å². The van der Waals surface area contributed by atoms with Crippen molar-refractivity contribution < 1.29 is 28.5 Å². The second-order valence-corrected chi connectivity index (χ2v) is 7.43. The number of carbonyl (C=O) groups excluding carboxylic acids is 2. The Labute approximate surface area is 188 Å². The summed E-state index contributed by atoms with van der Waals surface area (Å²) >= 11 is 0. The predicted molar refractivity (Wildman–Crippen MR) is 120 cm³/mol. The second kappa shape index (κ2) is 10.7. The van der Waals surface area contributed by atoms with Crippen molar-refractivity contribution in [2.45, 2.75) is 12.8 Å². The molecule has 0 atom stereocenters. The first-order valence-electron chi connectivity index (χ1n) is 10.5. The topological polar surface area (TPSA) is 77.5 Å². The lowest BCUT2D eigenvalue weighted by atomic mass is 10.1. The lowest BCUT2D eigenvalue weighted by molar-refractivity contribution is -0.130. The zero-order valence-electron chi connectivity index (χ0n) is 19.1. The monoisotopic (exact) mass is 442 g/mol. The number of carbonyl (C=O) groups is 2. The summed E-state index contributed by atoms with van der Waals surface area (Å²) in [7, 11) is 6.21. The number of methoxy groups -OCH3 is 4. The molecule has 1 aliphatic rings. The number of benzene rings is 2. The van der Waals surface area contributed by atoms with E-state index < -0.39 is 0 Å². The molecule has 0 spiro atoms. The van der Waals surface area contributed by atoms with Crippen molar-refractivity contribution in [2.75, 3.05) is 54.6 Å². The fraction of sp³-hybridized carbons (Fsp3) is 0.417. The molecule has 0 aromatic heterocycles. The minimum absolute atomic E-state index is 0.0152. The highest BCUT2D eigenvalue weighted by Crippen LogP contribution is 2.30. The van der Waals surface area contributed by atoms with Gasteiger partial charge < -0.3 is 28.7 Å². The Bertz CT molecular complexity index is 939. The van der Waals surface area contributed by atoms with Gasteiger partial charge in [-0.15, -0.1) is 0 Å². The predicted octanol–water partition coefficient (Wildman–Crippen LogP) is 2.64. The Morgan fingerprint density at radius 3 is 1.97 bits per heavy atom. The van der Waals surface area contributed by atoms with Gasteiger partial charge in [-0.2, -0.15) is 0 Å². The maximum absolute atomic E-state index is 13.2. The van der Waals surface area contributed by atoms with Gasteiger partial charge in [0.05, 0.1) is 34.9 Å². The molecule has 8 heteroatoms. The van der Waals surface area contributed by atoms with Crippen LogP contribution < -0.4 is 18.9 Å². The molecular weight excluding hydrogens is 412 g/mol. The van der Waals surface area contributed by atoms with Crippen molar-refractivity contribution in [3.05, 3.63) is 47.5 Å². The maximum Gasteiger partial charge on any atom is 0.261 e. The van der Waals surface area contributed by atoms with E-state index in [1.807, 2.05) is 17.0 Å². The third kappa shape index (κ3) is 5.07. The van der Waals surface area contributed by atoms with E-state index >= 15 is 0 Å². The van der Waals surface area contributed by atoms with E-state index in [9.17, 15) is 9.59 Å². The average Bonchev–Trinajstić information content (AvgIpc) is 3.09. The Hall–Kier alpha value is -3.42. The Kier molecular flexibility index (Phi) is 7.81. The highest BCUT2D eigenvalue weighted by atomic mass is 16.5. The van der Waals surface area contributed by atoms with Crippen molar-refractivity contribution in [3.63, 3.8) is 0 Å². The maximum atomic E-state index is 13.2. The van der Waals surface area contributed by atoms with Gasteiger partial charge in [-0.3, -0.25) is 9.59 Å². The smallest absolute Gasteiger partial charge is 0.261 e. The van der Waals surface area contributed by atoms with Crippen LogP contribution in [0.1, 0.15) is 22.3 Å². The molecule has 3 rings (SSSR count). The molecule has 1 saturated heterocycles. The van der Waals surface area contributed by atoms with Gasteiger partial charge in [-0.05, 0) is 36.2 Å². The first-order valence-corrected chi connectivity index (χ1v) is 10.5. The van der Waals surface area contributed by atoms with E-state index in [-0.39, 0.29) is 18.2 Å². The van der Waals surface area contributed by atoms with Gasteiger partial charge in [0.15, 0.2) is 11.5 Å². The van der Waals surface area contributed by atoms with Crippen molar-refractivity contribution in [3.8, 4) is 23.0 Å². The van der Waals surface area contributed by atoms with Crippen LogP contribution >= 0.6 is 0 Å². The third-order valence-electron chi connectivity index (χ3n) is 5.58. The Balaban J connectivity index is 1.68. The molecule has 0 radical (unpaired) electrons. The first-order chi connectivity index (χ1) is 15.5. The van der Waals surface area contributed by atoms with Crippen LogP contribution in [0.4, 0.5) is 0 Å². The molecule has 0 unspecified atom stereocenters. The summed E-state index contributed by atoms with van der Waals surface area (Å²) < 4.78 is 21.3. The third-order valence-corrected chi connectivity index (χ3v) is 5.58. The quantitative estimate of drug-likeness (QED) is 0.656. The highest BCUT2D eigenvalue weighted by Gasteiger charge is 2.27. The van der Waals surface area contributed by atoms with Gasteiger partial charge in [0, 0.05) is 26.2 Å².